The van der Waals surface area contributed by atoms with E-state index in [0.29, 0.717) is 28.8 Å². The van der Waals surface area contributed by atoms with Crippen LogP contribution in [-0.2, 0) is 6.61 Å². The second kappa shape index (κ2) is 7.59. The van der Waals surface area contributed by atoms with Gasteiger partial charge in [-0.2, -0.15) is 0 Å². The number of hydrogen-bond donors (Lipinski definition) is 2. The van der Waals surface area contributed by atoms with Crippen LogP contribution in [-0.4, -0.2) is 40.7 Å². The molecule has 0 bridgehead atoms. The van der Waals surface area contributed by atoms with Crippen molar-refractivity contribution in [1.82, 2.24) is 4.90 Å². The van der Waals surface area contributed by atoms with Crippen molar-refractivity contribution in [3.05, 3.63) is 57.6 Å². The van der Waals surface area contributed by atoms with Crippen molar-refractivity contribution in [1.29, 1.82) is 0 Å². The summed E-state index contributed by atoms with van der Waals surface area (Å²) in [5.74, 6) is 6.00. The van der Waals surface area contributed by atoms with Crippen LogP contribution in [0.4, 0.5) is 5.69 Å². The third-order valence-electron chi connectivity index (χ3n) is 3.33. The molecule has 124 valence electrons. The van der Waals surface area contributed by atoms with Crippen molar-refractivity contribution < 1.29 is 15.1 Å². The van der Waals surface area contributed by atoms with Crippen molar-refractivity contribution in [2.75, 3.05) is 20.6 Å². The standard InChI is InChI=1S/C18H18N2O4/c1-19(2)9-3-4-15-10-13(12-21)11-17(20(23)24)18(15)14-5-7-16(22)8-6-14/h5-8,10-11,21-22H,9,12H2,1-2H3. The first-order chi connectivity index (χ1) is 11.4. The fraction of sp³-hybridized carbons (Fsp3) is 0.222. The number of rotatable bonds is 4. The van der Waals surface area contributed by atoms with E-state index in [-0.39, 0.29) is 18.0 Å². The lowest BCUT2D eigenvalue weighted by Crippen LogP contribution is -2.10. The van der Waals surface area contributed by atoms with Crippen molar-refractivity contribution in [3.8, 4) is 28.7 Å². The quantitative estimate of drug-likeness (QED) is 0.512. The molecule has 0 amide bonds. The molecule has 0 atom stereocenters. The number of nitro groups is 1. The topological polar surface area (TPSA) is 86.8 Å². The molecule has 0 aliphatic heterocycles. The fourth-order valence-electron chi connectivity index (χ4n) is 2.24. The average Bonchev–Trinajstić information content (AvgIpc) is 2.54. The minimum Gasteiger partial charge on any atom is -0.508 e. The highest BCUT2D eigenvalue weighted by Crippen LogP contribution is 2.35. The smallest absolute Gasteiger partial charge is 0.278 e. The van der Waals surface area contributed by atoms with Gasteiger partial charge in [-0.05, 0) is 43.4 Å². The molecule has 24 heavy (non-hydrogen) atoms. The van der Waals surface area contributed by atoms with Crippen LogP contribution in [0.2, 0.25) is 0 Å². The lowest BCUT2D eigenvalue weighted by Gasteiger charge is -2.09. The van der Waals surface area contributed by atoms with Crippen LogP contribution in [0, 0.1) is 22.0 Å². The number of nitro benzene ring substituents is 1. The second-order valence-electron chi connectivity index (χ2n) is 5.54. The highest BCUT2D eigenvalue weighted by molar-refractivity contribution is 5.80. The summed E-state index contributed by atoms with van der Waals surface area (Å²) < 4.78 is 0. The molecule has 0 fully saturated rings. The van der Waals surface area contributed by atoms with Crippen LogP contribution < -0.4 is 0 Å². The molecule has 0 aliphatic rings. The van der Waals surface area contributed by atoms with Crippen LogP contribution in [0.5, 0.6) is 5.75 Å². The van der Waals surface area contributed by atoms with Gasteiger partial charge in [-0.25, -0.2) is 0 Å². The molecule has 0 spiro atoms. The van der Waals surface area contributed by atoms with Gasteiger partial charge in [0.25, 0.3) is 5.69 Å². The maximum absolute atomic E-state index is 11.5. The van der Waals surface area contributed by atoms with Crippen LogP contribution in [0.3, 0.4) is 0 Å². The Hall–Kier alpha value is -2.88. The third-order valence-corrected chi connectivity index (χ3v) is 3.33. The lowest BCUT2D eigenvalue weighted by molar-refractivity contribution is -0.384. The van der Waals surface area contributed by atoms with Gasteiger partial charge in [-0.1, -0.05) is 24.0 Å². The van der Waals surface area contributed by atoms with E-state index in [1.807, 2.05) is 19.0 Å². The van der Waals surface area contributed by atoms with E-state index < -0.39 is 4.92 Å². The Morgan fingerprint density at radius 1 is 1.21 bits per heavy atom. The first kappa shape index (κ1) is 17.5. The van der Waals surface area contributed by atoms with Crippen LogP contribution in [0.25, 0.3) is 11.1 Å². The number of benzene rings is 2. The van der Waals surface area contributed by atoms with E-state index in [1.165, 1.54) is 18.2 Å². The van der Waals surface area contributed by atoms with E-state index in [0.717, 1.165) is 0 Å². The number of nitrogens with zero attached hydrogens (tertiary/aromatic N) is 2. The monoisotopic (exact) mass is 326 g/mol. The van der Waals surface area contributed by atoms with Crippen molar-refractivity contribution >= 4 is 5.69 Å². The van der Waals surface area contributed by atoms with Gasteiger partial charge in [0.2, 0.25) is 0 Å². The molecule has 0 saturated heterocycles. The highest BCUT2D eigenvalue weighted by Gasteiger charge is 2.20. The van der Waals surface area contributed by atoms with E-state index >= 15 is 0 Å². The van der Waals surface area contributed by atoms with Gasteiger partial charge in [-0.15, -0.1) is 0 Å². The van der Waals surface area contributed by atoms with Gasteiger partial charge < -0.3 is 10.2 Å². The minimum absolute atomic E-state index is 0.0774. The lowest BCUT2D eigenvalue weighted by atomic mass is 9.95. The summed E-state index contributed by atoms with van der Waals surface area (Å²) in [5, 5.41) is 30.3. The molecular formula is C18H18N2O4. The zero-order chi connectivity index (χ0) is 17.7. The van der Waals surface area contributed by atoms with Gasteiger partial charge >= 0.3 is 0 Å². The number of phenolic OH excluding ortho intramolecular Hbond substituents is 1. The van der Waals surface area contributed by atoms with Crippen molar-refractivity contribution in [3.63, 3.8) is 0 Å². The number of aliphatic hydroxyl groups is 1. The zero-order valence-corrected chi connectivity index (χ0v) is 13.5. The van der Waals surface area contributed by atoms with Crippen molar-refractivity contribution in [2.24, 2.45) is 0 Å². The summed E-state index contributed by atoms with van der Waals surface area (Å²) in [6.45, 7) is 0.200. The van der Waals surface area contributed by atoms with Gasteiger partial charge in [0, 0.05) is 11.6 Å². The number of aliphatic hydroxyl groups excluding tert-OH is 1. The molecule has 0 aromatic heterocycles. The van der Waals surface area contributed by atoms with E-state index in [1.54, 1.807) is 18.2 Å². The molecule has 0 radical (unpaired) electrons. The molecule has 2 aromatic carbocycles. The number of aromatic hydroxyl groups is 1. The summed E-state index contributed by atoms with van der Waals surface area (Å²) >= 11 is 0. The molecule has 6 heteroatoms. The average molecular weight is 326 g/mol. The summed E-state index contributed by atoms with van der Waals surface area (Å²) in [7, 11) is 3.75. The van der Waals surface area contributed by atoms with Crippen molar-refractivity contribution in [2.45, 2.75) is 6.61 Å². The van der Waals surface area contributed by atoms with Crippen LogP contribution in [0.1, 0.15) is 11.1 Å². The predicted molar refractivity (Wildman–Crippen MR) is 91.6 cm³/mol. The summed E-state index contributed by atoms with van der Waals surface area (Å²) in [4.78, 5) is 12.9. The fourth-order valence-corrected chi connectivity index (χ4v) is 2.24. The van der Waals surface area contributed by atoms with Gasteiger partial charge in [0.05, 0.1) is 23.6 Å². The maximum atomic E-state index is 11.5. The van der Waals surface area contributed by atoms with E-state index in [4.69, 9.17) is 0 Å². The number of hydrogen-bond acceptors (Lipinski definition) is 5. The normalized spacial score (nSPS) is 10.3. The van der Waals surface area contributed by atoms with Gasteiger partial charge in [-0.3, -0.25) is 15.0 Å². The molecule has 0 saturated carbocycles. The second-order valence-corrected chi connectivity index (χ2v) is 5.54. The molecule has 6 nitrogen and oxygen atoms in total. The molecule has 2 aromatic rings. The highest BCUT2D eigenvalue weighted by atomic mass is 16.6. The minimum atomic E-state index is -0.488. The Kier molecular flexibility index (Phi) is 5.53. The Balaban J connectivity index is 2.68. The summed E-state index contributed by atoms with van der Waals surface area (Å²) in [6, 6.07) is 9.14. The SMILES string of the molecule is CN(C)CC#Cc1cc(CO)cc([N+](=O)[O-])c1-c1ccc(O)cc1. The summed E-state index contributed by atoms with van der Waals surface area (Å²) in [6.07, 6.45) is 0. The first-order valence-electron chi connectivity index (χ1n) is 7.27. The predicted octanol–water partition coefficient (Wildman–Crippen LogP) is 2.37. The Morgan fingerprint density at radius 2 is 1.88 bits per heavy atom. The Morgan fingerprint density at radius 3 is 2.42 bits per heavy atom. The van der Waals surface area contributed by atoms with Gasteiger partial charge in [0.15, 0.2) is 0 Å². The van der Waals surface area contributed by atoms with Gasteiger partial charge in [0.1, 0.15) is 5.75 Å². The molecule has 2 rings (SSSR count). The summed E-state index contributed by atoms with van der Waals surface area (Å²) in [5.41, 5.74) is 1.74. The molecular weight excluding hydrogens is 308 g/mol. The van der Waals surface area contributed by atoms with Crippen LogP contribution >= 0.6 is 0 Å². The molecule has 0 aliphatic carbocycles. The molecule has 0 heterocycles. The largest absolute Gasteiger partial charge is 0.508 e. The molecule has 0 unspecified atom stereocenters. The third kappa shape index (κ3) is 4.10. The number of phenols is 1. The Labute approximate surface area is 140 Å². The maximum Gasteiger partial charge on any atom is 0.278 e. The Bertz CT molecular complexity index is 802. The van der Waals surface area contributed by atoms with E-state index in [2.05, 4.69) is 11.8 Å². The zero-order valence-electron chi connectivity index (χ0n) is 13.5. The first-order valence-corrected chi connectivity index (χ1v) is 7.27. The van der Waals surface area contributed by atoms with E-state index in [9.17, 15) is 20.3 Å². The van der Waals surface area contributed by atoms with Crippen LogP contribution in [0.15, 0.2) is 36.4 Å². The molecule has 2 N–H and O–H groups in total.